The van der Waals surface area contributed by atoms with Crippen LogP contribution in [0.4, 0.5) is 0 Å². The van der Waals surface area contributed by atoms with E-state index in [-0.39, 0.29) is 0 Å². The SMILES string of the molecule is C[Si](C)(C)C1C=Cc2c1ccc1c2ccc2ccccc21. The van der Waals surface area contributed by atoms with Crippen LogP contribution in [-0.2, 0) is 0 Å². The number of hydrogen-bond donors (Lipinski definition) is 0. The van der Waals surface area contributed by atoms with Gasteiger partial charge >= 0.3 is 0 Å². The Kier molecular flexibility index (Phi) is 2.64. The summed E-state index contributed by atoms with van der Waals surface area (Å²) in [7, 11) is -1.20. The standard InChI is InChI=1S/C20H20Si/c1-21(2,3)20-13-12-18-17-9-8-14-6-4-5-7-15(14)16(17)10-11-19(18)20/h4-13,20H,1-3H3. The molecule has 1 heteroatoms. The lowest BCUT2D eigenvalue weighted by Gasteiger charge is -2.25. The van der Waals surface area contributed by atoms with Crippen LogP contribution in [0, 0.1) is 0 Å². The second-order valence-corrected chi connectivity index (χ2v) is 12.5. The Bertz CT molecular complexity index is 881. The molecule has 3 aromatic rings. The van der Waals surface area contributed by atoms with Crippen LogP contribution in [0.3, 0.4) is 0 Å². The predicted molar refractivity (Wildman–Crippen MR) is 96.6 cm³/mol. The second kappa shape index (κ2) is 4.31. The third-order valence-corrected chi connectivity index (χ3v) is 7.09. The van der Waals surface area contributed by atoms with Crippen molar-refractivity contribution in [3.8, 4) is 0 Å². The molecule has 0 nitrogen and oxygen atoms in total. The van der Waals surface area contributed by atoms with Gasteiger partial charge in [0.1, 0.15) is 0 Å². The molecule has 1 aliphatic rings. The quantitative estimate of drug-likeness (QED) is 0.381. The lowest BCUT2D eigenvalue weighted by Crippen LogP contribution is -2.28. The molecule has 0 amide bonds. The van der Waals surface area contributed by atoms with Crippen LogP contribution in [0.25, 0.3) is 27.6 Å². The summed E-state index contributed by atoms with van der Waals surface area (Å²) in [5.74, 6) is 0. The second-order valence-electron chi connectivity index (χ2n) is 7.15. The van der Waals surface area contributed by atoms with Crippen molar-refractivity contribution in [2.24, 2.45) is 0 Å². The molecule has 0 saturated heterocycles. The van der Waals surface area contributed by atoms with Gasteiger partial charge in [-0.05, 0) is 38.2 Å². The molecule has 1 aliphatic carbocycles. The van der Waals surface area contributed by atoms with Gasteiger partial charge < -0.3 is 0 Å². The van der Waals surface area contributed by atoms with Gasteiger partial charge in [-0.1, -0.05) is 80.3 Å². The molecule has 3 aromatic carbocycles. The lowest BCUT2D eigenvalue weighted by atomic mass is 9.96. The molecular weight excluding hydrogens is 268 g/mol. The van der Waals surface area contributed by atoms with Crippen molar-refractivity contribution in [3.63, 3.8) is 0 Å². The van der Waals surface area contributed by atoms with Crippen molar-refractivity contribution < 1.29 is 0 Å². The Balaban J connectivity index is 2.04. The Labute approximate surface area is 127 Å². The van der Waals surface area contributed by atoms with Crippen LogP contribution in [0.2, 0.25) is 19.6 Å². The highest BCUT2D eigenvalue weighted by atomic mass is 28.3. The Morgan fingerprint density at radius 1 is 0.762 bits per heavy atom. The fraction of sp³-hybridized carbons (Fsp3) is 0.200. The fourth-order valence-corrected chi connectivity index (χ4v) is 5.50. The van der Waals surface area contributed by atoms with Gasteiger partial charge in [-0.2, -0.15) is 0 Å². The van der Waals surface area contributed by atoms with Crippen LogP contribution in [-0.4, -0.2) is 8.07 Å². The number of benzene rings is 3. The largest absolute Gasteiger partial charge is 0.0791 e. The van der Waals surface area contributed by atoms with Gasteiger partial charge in [-0.15, -0.1) is 0 Å². The summed E-state index contributed by atoms with van der Waals surface area (Å²) in [6.45, 7) is 7.38. The minimum absolute atomic E-state index is 0.656. The van der Waals surface area contributed by atoms with Crippen molar-refractivity contribution in [1.29, 1.82) is 0 Å². The van der Waals surface area contributed by atoms with Crippen LogP contribution >= 0.6 is 0 Å². The van der Waals surface area contributed by atoms with Gasteiger partial charge in [0.15, 0.2) is 0 Å². The van der Waals surface area contributed by atoms with Crippen LogP contribution in [0.1, 0.15) is 16.7 Å². The molecular formula is C20H20Si. The smallest absolute Gasteiger partial charge is 0.0566 e. The molecule has 1 unspecified atom stereocenters. The summed E-state index contributed by atoms with van der Waals surface area (Å²) in [4.78, 5) is 0. The molecule has 0 aromatic heterocycles. The summed E-state index contributed by atoms with van der Waals surface area (Å²) in [6.07, 6.45) is 4.79. The van der Waals surface area contributed by atoms with Crippen molar-refractivity contribution in [3.05, 3.63) is 65.7 Å². The molecule has 21 heavy (non-hydrogen) atoms. The van der Waals surface area contributed by atoms with Gasteiger partial charge in [0.25, 0.3) is 0 Å². The molecule has 0 saturated carbocycles. The van der Waals surface area contributed by atoms with Gasteiger partial charge in [0, 0.05) is 0 Å². The van der Waals surface area contributed by atoms with Gasteiger partial charge in [0.05, 0.1) is 8.07 Å². The molecule has 0 N–H and O–H groups in total. The van der Waals surface area contributed by atoms with E-state index in [2.05, 4.69) is 80.3 Å². The number of hydrogen-bond acceptors (Lipinski definition) is 0. The summed E-state index contributed by atoms with van der Waals surface area (Å²) < 4.78 is 0. The van der Waals surface area contributed by atoms with Gasteiger partial charge in [-0.3, -0.25) is 0 Å². The molecule has 0 spiro atoms. The summed E-state index contributed by atoms with van der Waals surface area (Å²) in [5.41, 5.74) is 3.64. The van der Waals surface area contributed by atoms with Crippen molar-refractivity contribution in [2.45, 2.75) is 25.2 Å². The predicted octanol–water partition coefficient (Wildman–Crippen LogP) is 5.98. The van der Waals surface area contributed by atoms with Crippen molar-refractivity contribution in [2.75, 3.05) is 0 Å². The molecule has 0 radical (unpaired) electrons. The van der Waals surface area contributed by atoms with Gasteiger partial charge in [-0.25, -0.2) is 0 Å². The first-order chi connectivity index (χ1) is 10.1. The molecule has 0 bridgehead atoms. The van der Waals surface area contributed by atoms with Crippen molar-refractivity contribution in [1.82, 2.24) is 0 Å². The Hall–Kier alpha value is -1.86. The third-order valence-electron chi connectivity index (χ3n) is 4.72. The van der Waals surface area contributed by atoms with E-state index in [9.17, 15) is 0 Å². The molecule has 104 valence electrons. The lowest BCUT2D eigenvalue weighted by molar-refractivity contribution is 1.17. The van der Waals surface area contributed by atoms with E-state index in [1.54, 1.807) is 0 Å². The zero-order valence-electron chi connectivity index (χ0n) is 12.9. The molecule has 4 rings (SSSR count). The first-order valence-electron chi connectivity index (χ1n) is 7.68. The maximum Gasteiger partial charge on any atom is 0.0566 e. The van der Waals surface area contributed by atoms with E-state index in [0.29, 0.717) is 5.54 Å². The topological polar surface area (TPSA) is 0 Å². The highest BCUT2D eigenvalue weighted by Crippen LogP contribution is 2.41. The van der Waals surface area contributed by atoms with E-state index >= 15 is 0 Å². The van der Waals surface area contributed by atoms with E-state index < -0.39 is 8.07 Å². The minimum atomic E-state index is -1.20. The van der Waals surface area contributed by atoms with Crippen LogP contribution in [0.5, 0.6) is 0 Å². The van der Waals surface area contributed by atoms with E-state index in [1.165, 1.54) is 32.7 Å². The van der Waals surface area contributed by atoms with E-state index in [4.69, 9.17) is 0 Å². The van der Waals surface area contributed by atoms with Crippen molar-refractivity contribution >= 4 is 35.7 Å². The monoisotopic (exact) mass is 288 g/mol. The third kappa shape index (κ3) is 1.88. The normalized spacial score (nSPS) is 17.6. The average molecular weight is 288 g/mol. The summed E-state index contributed by atoms with van der Waals surface area (Å²) in [6, 6.07) is 17.9. The van der Waals surface area contributed by atoms with E-state index in [1.807, 2.05) is 0 Å². The summed E-state index contributed by atoms with van der Waals surface area (Å²) in [5, 5.41) is 5.48. The summed E-state index contributed by atoms with van der Waals surface area (Å²) >= 11 is 0. The molecule has 0 aliphatic heterocycles. The van der Waals surface area contributed by atoms with Gasteiger partial charge in [0.2, 0.25) is 0 Å². The Morgan fingerprint density at radius 2 is 1.52 bits per heavy atom. The zero-order chi connectivity index (χ0) is 14.6. The van der Waals surface area contributed by atoms with Crippen LogP contribution < -0.4 is 0 Å². The maximum atomic E-state index is 2.46. The fourth-order valence-electron chi connectivity index (χ4n) is 3.64. The molecule has 1 atom stereocenters. The first-order valence-corrected chi connectivity index (χ1v) is 11.3. The molecule has 0 fully saturated rings. The van der Waals surface area contributed by atoms with E-state index in [0.717, 1.165) is 0 Å². The molecule has 0 heterocycles. The number of fused-ring (bicyclic) bond motifs is 5. The maximum absolute atomic E-state index is 2.46. The average Bonchev–Trinajstić information content (AvgIpc) is 2.91. The highest BCUT2D eigenvalue weighted by Gasteiger charge is 2.30. The zero-order valence-corrected chi connectivity index (χ0v) is 13.9. The minimum Gasteiger partial charge on any atom is -0.0791 e. The Morgan fingerprint density at radius 3 is 2.33 bits per heavy atom. The number of allylic oxidation sites excluding steroid dienone is 1. The van der Waals surface area contributed by atoms with Crippen LogP contribution in [0.15, 0.2) is 54.6 Å². The number of rotatable bonds is 1. The highest BCUT2D eigenvalue weighted by molar-refractivity contribution is 6.78. The first kappa shape index (κ1) is 12.8.